The number of carbonyl (C=O) groups excluding carboxylic acids is 1. The number of anilines is 1. The smallest absolute Gasteiger partial charge is 0.410 e. The van der Waals surface area contributed by atoms with Gasteiger partial charge in [0.1, 0.15) is 5.75 Å². The van der Waals surface area contributed by atoms with Crippen LogP contribution in [-0.2, 0) is 6.18 Å². The summed E-state index contributed by atoms with van der Waals surface area (Å²) in [5, 5.41) is 10.9. The maximum absolute atomic E-state index is 12.8. The second-order valence-corrected chi connectivity index (χ2v) is 4.20. The second kappa shape index (κ2) is 6.18. The van der Waals surface area contributed by atoms with E-state index < -0.39 is 23.4 Å². The van der Waals surface area contributed by atoms with Crippen molar-refractivity contribution in [3.63, 3.8) is 0 Å². The van der Waals surface area contributed by atoms with Crippen molar-refractivity contribution in [1.29, 1.82) is 5.26 Å². The first-order valence-corrected chi connectivity index (χ1v) is 6.05. The van der Waals surface area contributed by atoms with E-state index in [9.17, 15) is 18.0 Å². The molecule has 0 aliphatic heterocycles. The molecular weight excluding hydrogens is 297 g/mol. The molecule has 4 nitrogen and oxygen atoms in total. The molecule has 0 spiro atoms. The summed E-state index contributed by atoms with van der Waals surface area (Å²) in [5.74, 6) is 0.254. The molecule has 2 aromatic carbocycles. The lowest BCUT2D eigenvalue weighted by Crippen LogP contribution is -2.17. The number of rotatable bonds is 2. The van der Waals surface area contributed by atoms with Gasteiger partial charge >= 0.3 is 12.3 Å². The standard InChI is InChI=1S/C15H9F3N2O2/c16-15(17,18)13-8-11(7-6-10(13)9-19)20-14(21)22-12-4-2-1-3-5-12/h1-8H,(H,20,21). The fourth-order valence-corrected chi connectivity index (χ4v) is 1.69. The maximum Gasteiger partial charge on any atom is 0.417 e. The molecule has 0 saturated carbocycles. The van der Waals surface area contributed by atoms with Gasteiger partial charge in [0, 0.05) is 5.69 Å². The largest absolute Gasteiger partial charge is 0.417 e. The van der Waals surface area contributed by atoms with Gasteiger partial charge < -0.3 is 4.74 Å². The third-order valence-electron chi connectivity index (χ3n) is 2.65. The topological polar surface area (TPSA) is 62.1 Å². The molecular formula is C15H9F3N2O2. The number of nitrogens with zero attached hydrogens (tertiary/aromatic N) is 1. The zero-order valence-corrected chi connectivity index (χ0v) is 11.0. The quantitative estimate of drug-likeness (QED) is 0.905. The van der Waals surface area contributed by atoms with Crippen molar-refractivity contribution in [1.82, 2.24) is 0 Å². The Balaban J connectivity index is 2.17. The summed E-state index contributed by atoms with van der Waals surface area (Å²) < 4.78 is 43.3. The zero-order chi connectivity index (χ0) is 16.2. The van der Waals surface area contributed by atoms with E-state index in [1.807, 2.05) is 0 Å². The molecule has 0 radical (unpaired) electrons. The SMILES string of the molecule is N#Cc1ccc(NC(=O)Oc2ccccc2)cc1C(F)(F)F. The minimum absolute atomic E-state index is 0.118. The van der Waals surface area contributed by atoms with Crippen LogP contribution in [0.25, 0.3) is 0 Å². The summed E-state index contributed by atoms with van der Waals surface area (Å²) >= 11 is 0. The van der Waals surface area contributed by atoms with E-state index in [2.05, 4.69) is 5.32 Å². The van der Waals surface area contributed by atoms with E-state index in [0.717, 1.165) is 6.07 Å². The average molecular weight is 306 g/mol. The zero-order valence-electron chi connectivity index (χ0n) is 11.0. The first kappa shape index (κ1) is 15.4. The summed E-state index contributed by atoms with van der Waals surface area (Å²) in [6.45, 7) is 0. The minimum atomic E-state index is -4.69. The first-order valence-electron chi connectivity index (χ1n) is 6.05. The Bertz CT molecular complexity index is 722. The van der Waals surface area contributed by atoms with Crippen LogP contribution in [0, 0.1) is 11.3 Å². The highest BCUT2D eigenvalue weighted by molar-refractivity contribution is 5.86. The lowest BCUT2D eigenvalue weighted by Gasteiger charge is -2.11. The van der Waals surface area contributed by atoms with Gasteiger partial charge in [-0.05, 0) is 30.3 Å². The van der Waals surface area contributed by atoms with E-state index in [1.54, 1.807) is 18.2 Å². The highest BCUT2D eigenvalue weighted by Crippen LogP contribution is 2.33. The van der Waals surface area contributed by atoms with Crippen LogP contribution in [0.4, 0.5) is 23.7 Å². The predicted molar refractivity (Wildman–Crippen MR) is 72.2 cm³/mol. The number of para-hydroxylation sites is 1. The number of benzene rings is 2. The van der Waals surface area contributed by atoms with E-state index in [1.165, 1.54) is 24.3 Å². The van der Waals surface area contributed by atoms with Gasteiger partial charge in [-0.3, -0.25) is 5.32 Å². The third kappa shape index (κ3) is 3.76. The molecule has 112 valence electrons. The van der Waals surface area contributed by atoms with Crippen molar-refractivity contribution in [3.8, 4) is 11.8 Å². The van der Waals surface area contributed by atoms with Crippen LogP contribution in [0.5, 0.6) is 5.75 Å². The number of ether oxygens (including phenoxy) is 1. The first-order chi connectivity index (χ1) is 10.4. The number of amides is 1. The third-order valence-corrected chi connectivity index (χ3v) is 2.65. The Labute approximate surface area is 123 Å². The molecule has 2 rings (SSSR count). The van der Waals surface area contributed by atoms with Crippen LogP contribution in [-0.4, -0.2) is 6.09 Å². The molecule has 0 aliphatic carbocycles. The number of halogens is 3. The summed E-state index contributed by atoms with van der Waals surface area (Å²) in [5.41, 5.74) is -1.76. The van der Waals surface area contributed by atoms with Gasteiger partial charge in [0.25, 0.3) is 0 Å². The van der Waals surface area contributed by atoms with Crippen LogP contribution in [0.2, 0.25) is 0 Å². The fourth-order valence-electron chi connectivity index (χ4n) is 1.69. The Morgan fingerprint density at radius 1 is 1.14 bits per heavy atom. The number of nitrogens with one attached hydrogen (secondary N) is 1. The molecule has 0 aromatic heterocycles. The highest BCUT2D eigenvalue weighted by Gasteiger charge is 2.34. The fraction of sp³-hybridized carbons (Fsp3) is 0.0667. The number of hydrogen-bond acceptors (Lipinski definition) is 3. The average Bonchev–Trinajstić information content (AvgIpc) is 2.47. The van der Waals surface area contributed by atoms with Gasteiger partial charge in [-0.15, -0.1) is 0 Å². The Morgan fingerprint density at radius 3 is 2.41 bits per heavy atom. The van der Waals surface area contributed by atoms with E-state index in [-0.39, 0.29) is 11.4 Å². The van der Waals surface area contributed by atoms with E-state index in [4.69, 9.17) is 10.00 Å². The summed E-state index contributed by atoms with van der Waals surface area (Å²) in [4.78, 5) is 11.6. The number of alkyl halides is 3. The second-order valence-electron chi connectivity index (χ2n) is 4.20. The molecule has 0 bridgehead atoms. The molecule has 0 heterocycles. The predicted octanol–water partition coefficient (Wildman–Crippen LogP) is 4.19. The van der Waals surface area contributed by atoms with Crippen molar-refractivity contribution in [3.05, 3.63) is 59.7 Å². The van der Waals surface area contributed by atoms with Crippen LogP contribution < -0.4 is 10.1 Å². The molecule has 0 aliphatic rings. The molecule has 7 heteroatoms. The summed E-state index contributed by atoms with van der Waals surface area (Å²) in [7, 11) is 0. The molecule has 0 fully saturated rings. The summed E-state index contributed by atoms with van der Waals surface area (Å²) in [6.07, 6.45) is -5.62. The number of carbonyl (C=O) groups is 1. The van der Waals surface area contributed by atoms with Gasteiger partial charge in [-0.1, -0.05) is 18.2 Å². The van der Waals surface area contributed by atoms with Gasteiger partial charge in [0.05, 0.1) is 17.2 Å². The van der Waals surface area contributed by atoms with Crippen molar-refractivity contribution in [2.24, 2.45) is 0 Å². The van der Waals surface area contributed by atoms with E-state index >= 15 is 0 Å². The molecule has 1 N–H and O–H groups in total. The van der Waals surface area contributed by atoms with Crippen molar-refractivity contribution in [2.45, 2.75) is 6.18 Å². The lowest BCUT2D eigenvalue weighted by atomic mass is 10.1. The minimum Gasteiger partial charge on any atom is -0.410 e. The monoisotopic (exact) mass is 306 g/mol. The van der Waals surface area contributed by atoms with Crippen LogP contribution in [0.3, 0.4) is 0 Å². The van der Waals surface area contributed by atoms with Crippen molar-refractivity contribution >= 4 is 11.8 Å². The Kier molecular flexibility index (Phi) is 4.32. The molecule has 0 unspecified atom stereocenters. The van der Waals surface area contributed by atoms with Gasteiger partial charge in [0.15, 0.2) is 0 Å². The Hall–Kier alpha value is -3.01. The van der Waals surface area contributed by atoms with Crippen LogP contribution >= 0.6 is 0 Å². The molecule has 1 amide bonds. The molecule has 2 aromatic rings. The van der Waals surface area contributed by atoms with Gasteiger partial charge in [-0.2, -0.15) is 18.4 Å². The van der Waals surface area contributed by atoms with Crippen LogP contribution in [0.15, 0.2) is 48.5 Å². The Morgan fingerprint density at radius 2 is 1.82 bits per heavy atom. The molecule has 0 saturated heterocycles. The lowest BCUT2D eigenvalue weighted by molar-refractivity contribution is -0.137. The molecule has 0 atom stereocenters. The number of hydrogen-bond donors (Lipinski definition) is 1. The summed E-state index contributed by atoms with van der Waals surface area (Å²) in [6, 6.07) is 12.4. The normalized spacial score (nSPS) is 10.6. The maximum atomic E-state index is 12.8. The van der Waals surface area contributed by atoms with Gasteiger partial charge in [0.2, 0.25) is 0 Å². The van der Waals surface area contributed by atoms with Gasteiger partial charge in [-0.25, -0.2) is 4.79 Å². The van der Waals surface area contributed by atoms with Crippen molar-refractivity contribution < 1.29 is 22.7 Å². The molecule has 22 heavy (non-hydrogen) atoms. The highest BCUT2D eigenvalue weighted by atomic mass is 19.4. The number of nitriles is 1. The van der Waals surface area contributed by atoms with E-state index in [0.29, 0.717) is 6.07 Å². The van der Waals surface area contributed by atoms with Crippen molar-refractivity contribution in [2.75, 3.05) is 5.32 Å². The van der Waals surface area contributed by atoms with Crippen LogP contribution in [0.1, 0.15) is 11.1 Å².